The van der Waals surface area contributed by atoms with Crippen molar-refractivity contribution in [2.75, 3.05) is 18.5 Å². The van der Waals surface area contributed by atoms with Crippen LogP contribution in [-0.4, -0.2) is 28.2 Å². The average Bonchev–Trinajstić information content (AvgIpc) is 2.20. The molecule has 0 amide bonds. The van der Waals surface area contributed by atoms with Crippen LogP contribution in [0.3, 0.4) is 0 Å². The van der Waals surface area contributed by atoms with Crippen molar-refractivity contribution in [1.29, 1.82) is 0 Å². The molecule has 0 atom stereocenters. The second kappa shape index (κ2) is 4.63. The molecule has 3 N–H and O–H groups in total. The topological polar surface area (TPSA) is 78.0 Å². The van der Waals surface area contributed by atoms with Crippen molar-refractivity contribution in [3.63, 3.8) is 0 Å². The Morgan fingerprint density at radius 2 is 2.33 bits per heavy atom. The molecule has 84 valence electrons. The van der Waals surface area contributed by atoms with Gasteiger partial charge in [0.1, 0.15) is 5.02 Å². The number of aliphatic hydroxyl groups is 1. The Morgan fingerprint density at radius 3 is 2.93 bits per heavy atom. The number of hydrogen-bond donors (Lipinski definition) is 3. The molecule has 1 aromatic rings. The quantitative estimate of drug-likeness (QED) is 0.718. The number of aromatic nitrogens is 2. The van der Waals surface area contributed by atoms with Crippen molar-refractivity contribution in [2.45, 2.75) is 13.8 Å². The molecular weight excluding hydrogens is 218 g/mol. The van der Waals surface area contributed by atoms with Crippen molar-refractivity contribution in [3.8, 4) is 0 Å². The van der Waals surface area contributed by atoms with E-state index in [1.807, 2.05) is 13.8 Å². The van der Waals surface area contributed by atoms with E-state index < -0.39 is 0 Å². The largest absolute Gasteiger partial charge is 0.396 e. The maximum atomic E-state index is 11.1. The lowest BCUT2D eigenvalue weighted by molar-refractivity contribution is 0.170. The Morgan fingerprint density at radius 1 is 1.67 bits per heavy atom. The second-order valence-corrected chi connectivity index (χ2v) is 4.45. The third kappa shape index (κ3) is 3.21. The summed E-state index contributed by atoms with van der Waals surface area (Å²) in [5, 5.41) is 12.0. The summed E-state index contributed by atoms with van der Waals surface area (Å²) in [6, 6.07) is 0. The molecule has 15 heavy (non-hydrogen) atoms. The summed E-state index contributed by atoms with van der Waals surface area (Å²) < 4.78 is 0. The summed E-state index contributed by atoms with van der Waals surface area (Å²) in [4.78, 5) is 17.4. The fraction of sp³-hybridized carbons (Fsp3) is 0.556. The van der Waals surface area contributed by atoms with Crippen LogP contribution in [0.15, 0.2) is 11.1 Å². The Balaban J connectivity index is 2.74. The minimum absolute atomic E-state index is 0.0336. The van der Waals surface area contributed by atoms with Crippen LogP contribution < -0.4 is 10.9 Å². The summed E-state index contributed by atoms with van der Waals surface area (Å²) in [5.41, 5.74) is -0.663. The molecule has 0 spiro atoms. The molecule has 0 saturated heterocycles. The zero-order valence-electron chi connectivity index (χ0n) is 8.67. The molecule has 1 aromatic heterocycles. The van der Waals surface area contributed by atoms with E-state index in [0.29, 0.717) is 12.4 Å². The van der Waals surface area contributed by atoms with Gasteiger partial charge in [-0.3, -0.25) is 4.79 Å². The van der Waals surface area contributed by atoms with Gasteiger partial charge in [-0.25, -0.2) is 4.98 Å². The first kappa shape index (κ1) is 12.0. The Kier molecular flexibility index (Phi) is 3.71. The van der Waals surface area contributed by atoms with E-state index in [9.17, 15) is 4.79 Å². The smallest absolute Gasteiger partial charge is 0.271 e. The number of halogens is 1. The predicted molar refractivity (Wildman–Crippen MR) is 59.2 cm³/mol. The van der Waals surface area contributed by atoms with Crippen LogP contribution in [0.5, 0.6) is 0 Å². The second-order valence-electron chi connectivity index (χ2n) is 4.07. The normalized spacial score (nSPS) is 11.5. The summed E-state index contributed by atoms with van der Waals surface area (Å²) in [6.07, 6.45) is 1.28. The standard InChI is InChI=1S/C9H14ClN3O2/c1-9(2,4-14)3-11-7-6(10)8(15)13-5-12-7/h5,14H,3-4H2,1-2H3,(H2,11,12,13,15). The molecule has 0 radical (unpaired) electrons. The predicted octanol–water partition coefficient (Wildman–Crippen LogP) is 0.854. The van der Waals surface area contributed by atoms with Crippen molar-refractivity contribution in [2.24, 2.45) is 5.41 Å². The highest BCUT2D eigenvalue weighted by molar-refractivity contribution is 6.32. The van der Waals surface area contributed by atoms with Crippen molar-refractivity contribution < 1.29 is 5.11 Å². The number of anilines is 1. The molecule has 0 aromatic carbocycles. The van der Waals surface area contributed by atoms with Gasteiger partial charge in [-0.1, -0.05) is 25.4 Å². The van der Waals surface area contributed by atoms with Crippen LogP contribution in [-0.2, 0) is 0 Å². The number of rotatable bonds is 4. The zero-order chi connectivity index (χ0) is 11.5. The van der Waals surface area contributed by atoms with E-state index in [-0.39, 0.29) is 22.6 Å². The highest BCUT2D eigenvalue weighted by Gasteiger charge is 2.17. The Bertz CT molecular complexity index is 389. The van der Waals surface area contributed by atoms with E-state index in [0.717, 1.165) is 0 Å². The summed E-state index contributed by atoms with van der Waals surface area (Å²) in [7, 11) is 0. The third-order valence-corrected chi connectivity index (χ3v) is 2.31. The van der Waals surface area contributed by atoms with Gasteiger partial charge in [0, 0.05) is 18.6 Å². The van der Waals surface area contributed by atoms with Crippen LogP contribution in [0.25, 0.3) is 0 Å². The molecule has 5 nitrogen and oxygen atoms in total. The number of aliphatic hydroxyl groups excluding tert-OH is 1. The number of nitrogens with zero attached hydrogens (tertiary/aromatic N) is 1. The highest BCUT2D eigenvalue weighted by Crippen LogP contribution is 2.17. The molecule has 0 aliphatic heterocycles. The number of nitrogens with one attached hydrogen (secondary N) is 2. The Hall–Kier alpha value is -1.07. The van der Waals surface area contributed by atoms with Crippen LogP contribution in [0, 0.1) is 5.41 Å². The molecule has 0 aliphatic carbocycles. The van der Waals surface area contributed by atoms with Gasteiger partial charge in [0.2, 0.25) is 0 Å². The first-order valence-corrected chi connectivity index (χ1v) is 4.92. The monoisotopic (exact) mass is 231 g/mol. The SMILES string of the molecule is CC(C)(CO)CNc1nc[nH]c(=O)c1Cl. The zero-order valence-corrected chi connectivity index (χ0v) is 9.43. The lowest BCUT2D eigenvalue weighted by atomic mass is 9.95. The van der Waals surface area contributed by atoms with Crippen molar-refractivity contribution >= 4 is 17.4 Å². The number of aromatic amines is 1. The van der Waals surface area contributed by atoms with E-state index >= 15 is 0 Å². The van der Waals surface area contributed by atoms with Gasteiger partial charge in [-0.2, -0.15) is 0 Å². The third-order valence-electron chi connectivity index (χ3n) is 1.96. The average molecular weight is 232 g/mol. The maximum absolute atomic E-state index is 11.1. The molecule has 1 heterocycles. The number of H-pyrrole nitrogens is 1. The molecule has 6 heteroatoms. The van der Waals surface area contributed by atoms with Gasteiger partial charge < -0.3 is 15.4 Å². The number of hydrogen-bond acceptors (Lipinski definition) is 4. The van der Waals surface area contributed by atoms with Gasteiger partial charge >= 0.3 is 0 Å². The molecule has 0 aliphatic rings. The van der Waals surface area contributed by atoms with Crippen molar-refractivity contribution in [1.82, 2.24) is 9.97 Å². The van der Waals surface area contributed by atoms with Crippen LogP contribution in [0.4, 0.5) is 5.82 Å². The minimum Gasteiger partial charge on any atom is -0.396 e. The van der Waals surface area contributed by atoms with E-state index in [1.54, 1.807) is 0 Å². The lowest BCUT2D eigenvalue weighted by Crippen LogP contribution is -2.27. The van der Waals surface area contributed by atoms with Gasteiger partial charge in [0.15, 0.2) is 5.82 Å². The summed E-state index contributed by atoms with van der Waals surface area (Å²) in [6.45, 7) is 4.31. The van der Waals surface area contributed by atoms with Crippen molar-refractivity contribution in [3.05, 3.63) is 21.7 Å². The lowest BCUT2D eigenvalue weighted by Gasteiger charge is -2.22. The first-order chi connectivity index (χ1) is 6.96. The van der Waals surface area contributed by atoms with E-state index in [2.05, 4.69) is 15.3 Å². The Labute approximate surface area is 92.5 Å². The molecule has 0 bridgehead atoms. The molecule has 0 fully saturated rings. The highest BCUT2D eigenvalue weighted by atomic mass is 35.5. The first-order valence-electron chi connectivity index (χ1n) is 4.54. The van der Waals surface area contributed by atoms with E-state index in [4.69, 9.17) is 16.7 Å². The molecule has 1 rings (SSSR count). The fourth-order valence-corrected chi connectivity index (χ4v) is 1.06. The van der Waals surface area contributed by atoms with Gasteiger partial charge in [-0.15, -0.1) is 0 Å². The maximum Gasteiger partial charge on any atom is 0.271 e. The summed E-state index contributed by atoms with van der Waals surface area (Å²) >= 11 is 5.73. The van der Waals surface area contributed by atoms with E-state index in [1.165, 1.54) is 6.33 Å². The molecule has 0 saturated carbocycles. The van der Waals surface area contributed by atoms with Crippen LogP contribution in [0.2, 0.25) is 5.02 Å². The van der Waals surface area contributed by atoms with Gasteiger partial charge in [0.25, 0.3) is 5.56 Å². The van der Waals surface area contributed by atoms with Crippen LogP contribution in [0.1, 0.15) is 13.8 Å². The summed E-state index contributed by atoms with van der Waals surface area (Å²) in [5.74, 6) is 0.335. The minimum atomic E-state index is -0.379. The molecule has 0 unspecified atom stereocenters. The molecular formula is C9H14ClN3O2. The van der Waals surface area contributed by atoms with Gasteiger partial charge in [-0.05, 0) is 0 Å². The van der Waals surface area contributed by atoms with Gasteiger partial charge in [0.05, 0.1) is 6.33 Å². The fourth-order valence-electron chi connectivity index (χ4n) is 0.885. The van der Waals surface area contributed by atoms with Crippen LogP contribution >= 0.6 is 11.6 Å².